The third-order valence-corrected chi connectivity index (χ3v) is 4.70. The molecule has 9 nitrogen and oxygen atoms in total. The van der Waals surface area contributed by atoms with Crippen molar-refractivity contribution in [1.82, 2.24) is 16.0 Å². The fraction of sp³-hybridized carbons (Fsp3) is 0.333. The molecule has 0 spiro atoms. The first-order valence-electron chi connectivity index (χ1n) is 10.8. The van der Waals surface area contributed by atoms with Crippen LogP contribution in [0, 0.1) is 0 Å². The second-order valence-corrected chi connectivity index (χ2v) is 7.31. The third kappa shape index (κ3) is 10.3. The fourth-order valence-electron chi connectivity index (χ4n) is 2.92. The van der Waals surface area contributed by atoms with Crippen LogP contribution in [0.2, 0.25) is 0 Å². The molecule has 2 aromatic rings. The van der Waals surface area contributed by atoms with E-state index in [0.717, 1.165) is 5.56 Å². The first kappa shape index (κ1) is 25.4. The average molecular weight is 455 g/mol. The van der Waals surface area contributed by atoms with Gasteiger partial charge in [-0.3, -0.25) is 14.4 Å². The predicted molar refractivity (Wildman–Crippen MR) is 124 cm³/mol. The lowest BCUT2D eigenvalue weighted by molar-refractivity contribution is -0.129. The van der Waals surface area contributed by atoms with Crippen LogP contribution in [0.15, 0.2) is 60.7 Å². The summed E-state index contributed by atoms with van der Waals surface area (Å²) in [5, 5.41) is 10.5. The molecule has 0 heterocycles. The van der Waals surface area contributed by atoms with Gasteiger partial charge in [0.1, 0.15) is 19.1 Å². The highest BCUT2D eigenvalue weighted by molar-refractivity contribution is 5.97. The molecule has 0 aliphatic carbocycles. The van der Waals surface area contributed by atoms with Crippen LogP contribution >= 0.6 is 0 Å². The lowest BCUT2D eigenvalue weighted by Gasteiger charge is -2.18. The van der Waals surface area contributed by atoms with E-state index in [1.54, 1.807) is 24.3 Å². The van der Waals surface area contributed by atoms with E-state index in [1.807, 2.05) is 36.4 Å². The smallest absolute Gasteiger partial charge is 0.408 e. The zero-order chi connectivity index (χ0) is 23.9. The van der Waals surface area contributed by atoms with Gasteiger partial charge < -0.3 is 26.0 Å². The van der Waals surface area contributed by atoms with Crippen molar-refractivity contribution in [3.63, 3.8) is 0 Å². The lowest BCUT2D eigenvalue weighted by atomic mass is 10.1. The Morgan fingerprint density at radius 2 is 1.55 bits per heavy atom. The maximum atomic E-state index is 12.8. The number of nitrogens with one attached hydrogen (secondary N) is 4. The molecule has 0 bridgehead atoms. The standard InChI is InChI=1S/C24H30N4O5/c1-25-21(29)16-22(30)26-15-9-8-14-20(23(31)27-19-12-6-3-7-13-19)28-24(32)33-17-18-10-4-2-5-11-18/h2-7,10-13,20H,8-9,14-17H2,1H3,(H,25,29)(H,26,30)(H,27,31)(H,28,32)/t20-/m0/s1. The summed E-state index contributed by atoms with van der Waals surface area (Å²) in [5.41, 5.74) is 1.46. The Morgan fingerprint density at radius 1 is 0.879 bits per heavy atom. The number of alkyl carbamates (subject to hydrolysis) is 1. The van der Waals surface area contributed by atoms with E-state index in [4.69, 9.17) is 4.74 Å². The van der Waals surface area contributed by atoms with Gasteiger partial charge in [0.05, 0.1) is 0 Å². The number of hydrogen-bond acceptors (Lipinski definition) is 5. The predicted octanol–water partition coefficient (Wildman–Crippen LogP) is 2.34. The van der Waals surface area contributed by atoms with Gasteiger partial charge in [0.25, 0.3) is 0 Å². The Morgan fingerprint density at radius 3 is 2.21 bits per heavy atom. The van der Waals surface area contributed by atoms with E-state index in [-0.39, 0.29) is 30.7 Å². The van der Waals surface area contributed by atoms with Crippen molar-refractivity contribution in [2.75, 3.05) is 18.9 Å². The van der Waals surface area contributed by atoms with Gasteiger partial charge in [-0.05, 0) is 37.0 Å². The van der Waals surface area contributed by atoms with Crippen LogP contribution < -0.4 is 21.3 Å². The first-order valence-corrected chi connectivity index (χ1v) is 10.8. The van der Waals surface area contributed by atoms with Crippen LogP contribution in [0.25, 0.3) is 0 Å². The molecule has 0 saturated carbocycles. The number of ether oxygens (including phenoxy) is 1. The Balaban J connectivity index is 1.84. The summed E-state index contributed by atoms with van der Waals surface area (Å²) in [7, 11) is 1.47. The minimum absolute atomic E-state index is 0.0943. The van der Waals surface area contributed by atoms with E-state index in [2.05, 4.69) is 21.3 Å². The Kier molecular flexibility index (Phi) is 10.9. The van der Waals surface area contributed by atoms with Gasteiger partial charge in [0, 0.05) is 19.3 Å². The molecule has 0 saturated heterocycles. The summed E-state index contributed by atoms with van der Waals surface area (Å²) in [6, 6.07) is 17.4. The van der Waals surface area contributed by atoms with Crippen molar-refractivity contribution in [2.45, 2.75) is 38.3 Å². The van der Waals surface area contributed by atoms with Crippen molar-refractivity contribution >= 4 is 29.5 Å². The second kappa shape index (κ2) is 14.2. The summed E-state index contributed by atoms with van der Waals surface area (Å²) in [5.74, 6) is -1.08. The maximum Gasteiger partial charge on any atom is 0.408 e. The number of rotatable bonds is 12. The number of hydrogen-bond donors (Lipinski definition) is 4. The molecule has 9 heteroatoms. The van der Waals surface area contributed by atoms with Crippen molar-refractivity contribution in [3.05, 3.63) is 66.2 Å². The minimum Gasteiger partial charge on any atom is -0.445 e. The molecule has 4 N–H and O–H groups in total. The Labute approximate surface area is 193 Å². The highest BCUT2D eigenvalue weighted by Gasteiger charge is 2.21. The summed E-state index contributed by atoms with van der Waals surface area (Å²) < 4.78 is 5.24. The first-order chi connectivity index (χ1) is 16.0. The van der Waals surface area contributed by atoms with Gasteiger partial charge in [-0.1, -0.05) is 48.5 Å². The summed E-state index contributed by atoms with van der Waals surface area (Å²) in [6.45, 7) is 0.457. The number of para-hydroxylation sites is 1. The van der Waals surface area contributed by atoms with E-state index in [9.17, 15) is 19.2 Å². The molecule has 2 aromatic carbocycles. The molecule has 4 amide bonds. The van der Waals surface area contributed by atoms with Crippen molar-refractivity contribution < 1.29 is 23.9 Å². The quantitative estimate of drug-likeness (QED) is 0.289. The number of amides is 4. The highest BCUT2D eigenvalue weighted by atomic mass is 16.5. The fourth-order valence-corrected chi connectivity index (χ4v) is 2.92. The summed E-state index contributed by atoms with van der Waals surface area (Å²) in [4.78, 5) is 47.9. The third-order valence-electron chi connectivity index (χ3n) is 4.70. The van der Waals surface area contributed by atoms with E-state index < -0.39 is 12.1 Å². The topological polar surface area (TPSA) is 126 Å². The van der Waals surface area contributed by atoms with Crippen molar-refractivity contribution in [1.29, 1.82) is 0 Å². The van der Waals surface area contributed by atoms with Gasteiger partial charge in [-0.15, -0.1) is 0 Å². The van der Waals surface area contributed by atoms with Crippen LogP contribution in [0.4, 0.5) is 10.5 Å². The lowest BCUT2D eigenvalue weighted by Crippen LogP contribution is -2.44. The molecule has 0 aliphatic heterocycles. The normalized spacial score (nSPS) is 11.1. The molecule has 1 atom stereocenters. The van der Waals surface area contributed by atoms with E-state index >= 15 is 0 Å². The summed E-state index contributed by atoms with van der Waals surface area (Å²) >= 11 is 0. The van der Waals surface area contributed by atoms with Crippen LogP contribution in [-0.2, 0) is 25.7 Å². The minimum atomic E-state index is -0.810. The monoisotopic (exact) mass is 454 g/mol. The molecule has 2 rings (SSSR count). The summed E-state index contributed by atoms with van der Waals surface area (Å²) in [6.07, 6.45) is 0.574. The van der Waals surface area contributed by atoms with E-state index in [0.29, 0.717) is 31.5 Å². The van der Waals surface area contributed by atoms with Crippen molar-refractivity contribution in [3.8, 4) is 0 Å². The average Bonchev–Trinajstić information content (AvgIpc) is 2.83. The highest BCUT2D eigenvalue weighted by Crippen LogP contribution is 2.09. The zero-order valence-corrected chi connectivity index (χ0v) is 18.6. The molecule has 0 radical (unpaired) electrons. The molecular weight excluding hydrogens is 424 g/mol. The molecule has 0 aliphatic rings. The zero-order valence-electron chi connectivity index (χ0n) is 18.6. The van der Waals surface area contributed by atoms with Gasteiger partial charge in [0.2, 0.25) is 17.7 Å². The van der Waals surface area contributed by atoms with E-state index in [1.165, 1.54) is 7.05 Å². The van der Waals surface area contributed by atoms with Crippen LogP contribution in [0.5, 0.6) is 0 Å². The number of anilines is 1. The Hall–Kier alpha value is -3.88. The van der Waals surface area contributed by atoms with Gasteiger partial charge in [0.15, 0.2) is 0 Å². The second-order valence-electron chi connectivity index (χ2n) is 7.31. The van der Waals surface area contributed by atoms with Crippen LogP contribution in [-0.4, -0.2) is 43.4 Å². The molecule has 0 unspecified atom stereocenters. The molecule has 0 fully saturated rings. The van der Waals surface area contributed by atoms with Crippen LogP contribution in [0.3, 0.4) is 0 Å². The molecular formula is C24H30N4O5. The van der Waals surface area contributed by atoms with Gasteiger partial charge in [-0.2, -0.15) is 0 Å². The van der Waals surface area contributed by atoms with Gasteiger partial charge >= 0.3 is 6.09 Å². The SMILES string of the molecule is CNC(=O)CC(=O)NCCCC[C@H](NC(=O)OCc1ccccc1)C(=O)Nc1ccccc1. The maximum absolute atomic E-state index is 12.8. The Bertz CT molecular complexity index is 906. The number of benzene rings is 2. The van der Waals surface area contributed by atoms with Crippen LogP contribution in [0.1, 0.15) is 31.2 Å². The number of unbranched alkanes of at least 4 members (excludes halogenated alkanes) is 1. The molecule has 0 aromatic heterocycles. The van der Waals surface area contributed by atoms with Gasteiger partial charge in [-0.25, -0.2) is 4.79 Å². The van der Waals surface area contributed by atoms with Crippen molar-refractivity contribution in [2.24, 2.45) is 0 Å². The molecule has 176 valence electrons. The number of carbonyl (C=O) groups excluding carboxylic acids is 4. The number of carbonyl (C=O) groups is 4. The molecule has 33 heavy (non-hydrogen) atoms. The largest absolute Gasteiger partial charge is 0.445 e.